The predicted octanol–water partition coefficient (Wildman–Crippen LogP) is 5.81. The normalized spacial score (nSPS) is 11.0. The summed E-state index contributed by atoms with van der Waals surface area (Å²) in [6.45, 7) is 0.423. The van der Waals surface area contributed by atoms with Gasteiger partial charge in [0.05, 0.1) is 35.3 Å². The van der Waals surface area contributed by atoms with Crippen LogP contribution in [0.15, 0.2) is 91.1 Å². The third kappa shape index (κ3) is 5.26. The number of nitrogens with zero attached hydrogens (tertiary/aromatic N) is 2. The van der Waals surface area contributed by atoms with Crippen LogP contribution in [0.25, 0.3) is 23.1 Å². The average Bonchev–Trinajstić information content (AvgIpc) is 3.34. The van der Waals surface area contributed by atoms with Gasteiger partial charge in [-0.05, 0) is 72.3 Å². The summed E-state index contributed by atoms with van der Waals surface area (Å²) in [5.41, 5.74) is 5.72. The van der Waals surface area contributed by atoms with Crippen molar-refractivity contribution in [1.82, 2.24) is 20.5 Å². The van der Waals surface area contributed by atoms with Gasteiger partial charge in [-0.3, -0.25) is 14.9 Å². The lowest BCUT2D eigenvalue weighted by Crippen LogP contribution is -2.23. The maximum Gasteiger partial charge on any atom is 0.253 e. The minimum Gasteiger partial charge on any atom is -0.497 e. The van der Waals surface area contributed by atoms with E-state index in [0.29, 0.717) is 12.1 Å². The third-order valence-corrected chi connectivity index (χ3v) is 5.75. The largest absolute Gasteiger partial charge is 0.497 e. The van der Waals surface area contributed by atoms with Crippen molar-refractivity contribution >= 4 is 40.3 Å². The van der Waals surface area contributed by atoms with E-state index in [9.17, 15) is 4.79 Å². The van der Waals surface area contributed by atoms with Crippen molar-refractivity contribution < 1.29 is 9.53 Å². The molecule has 178 valence electrons. The first-order chi connectivity index (χ1) is 17.7. The minimum atomic E-state index is -0.154. The van der Waals surface area contributed by atoms with Gasteiger partial charge < -0.3 is 15.4 Å². The lowest BCUT2D eigenvalue weighted by molar-refractivity contribution is 0.0951. The smallest absolute Gasteiger partial charge is 0.253 e. The molecule has 7 heteroatoms. The Morgan fingerprint density at radius 2 is 1.81 bits per heavy atom. The van der Waals surface area contributed by atoms with Gasteiger partial charge in [-0.2, -0.15) is 5.10 Å². The van der Waals surface area contributed by atoms with Crippen LogP contribution in [-0.2, 0) is 6.54 Å². The molecule has 7 nitrogen and oxygen atoms in total. The van der Waals surface area contributed by atoms with Crippen molar-refractivity contribution in [2.75, 3.05) is 12.4 Å². The summed E-state index contributed by atoms with van der Waals surface area (Å²) < 4.78 is 5.19. The molecule has 0 atom stereocenters. The predicted molar refractivity (Wildman–Crippen MR) is 143 cm³/mol. The molecule has 0 saturated carbocycles. The van der Waals surface area contributed by atoms with Gasteiger partial charge in [0, 0.05) is 23.8 Å². The molecule has 0 saturated heterocycles. The Balaban J connectivity index is 1.30. The number of pyridine rings is 1. The first kappa shape index (κ1) is 22.9. The minimum absolute atomic E-state index is 0.154. The van der Waals surface area contributed by atoms with Gasteiger partial charge in [0.1, 0.15) is 5.75 Å². The second kappa shape index (κ2) is 10.6. The van der Waals surface area contributed by atoms with E-state index in [1.807, 2.05) is 91.0 Å². The van der Waals surface area contributed by atoms with Crippen molar-refractivity contribution in [2.45, 2.75) is 6.54 Å². The Labute approximate surface area is 208 Å². The zero-order valence-corrected chi connectivity index (χ0v) is 19.7. The Morgan fingerprint density at radius 3 is 2.61 bits per heavy atom. The second-order valence-electron chi connectivity index (χ2n) is 8.16. The quantitative estimate of drug-likeness (QED) is 0.263. The van der Waals surface area contributed by atoms with Gasteiger partial charge in [0.15, 0.2) is 0 Å². The molecule has 2 aromatic heterocycles. The monoisotopic (exact) mass is 475 g/mol. The number of aromatic amines is 1. The Morgan fingerprint density at radius 1 is 0.972 bits per heavy atom. The first-order valence-electron chi connectivity index (χ1n) is 11.5. The molecular weight excluding hydrogens is 450 g/mol. The number of ether oxygens (including phenoxy) is 1. The highest BCUT2D eigenvalue weighted by atomic mass is 16.5. The molecule has 0 spiro atoms. The summed E-state index contributed by atoms with van der Waals surface area (Å²) in [6, 6.07) is 26.8. The van der Waals surface area contributed by atoms with Crippen LogP contribution in [0.3, 0.4) is 0 Å². The summed E-state index contributed by atoms with van der Waals surface area (Å²) in [4.78, 5) is 17.3. The number of rotatable bonds is 8. The summed E-state index contributed by atoms with van der Waals surface area (Å²) in [5, 5.41) is 14.9. The number of hydrogen-bond acceptors (Lipinski definition) is 5. The van der Waals surface area contributed by atoms with Gasteiger partial charge in [-0.15, -0.1) is 0 Å². The molecule has 3 aromatic carbocycles. The highest BCUT2D eigenvalue weighted by molar-refractivity contribution is 6.00. The number of fused-ring (bicyclic) bond motifs is 1. The zero-order valence-electron chi connectivity index (χ0n) is 19.7. The van der Waals surface area contributed by atoms with E-state index < -0.39 is 0 Å². The maximum absolute atomic E-state index is 13.0. The van der Waals surface area contributed by atoms with Crippen LogP contribution in [0.1, 0.15) is 27.3 Å². The van der Waals surface area contributed by atoms with Crippen molar-refractivity contribution in [1.29, 1.82) is 0 Å². The molecule has 3 N–H and O–H groups in total. The molecule has 0 aliphatic carbocycles. The lowest BCUT2D eigenvalue weighted by atomic mass is 10.1. The number of hydrogen-bond donors (Lipinski definition) is 3. The number of anilines is 2. The SMILES string of the molecule is COc1ccc(CNC(=O)c2ccccc2Nc2ccc3c(/C=C/c4ccccn4)n[nH]c3c2)cc1. The van der Waals surface area contributed by atoms with Crippen LogP contribution in [0.4, 0.5) is 11.4 Å². The van der Waals surface area contributed by atoms with E-state index in [0.717, 1.165) is 45.0 Å². The van der Waals surface area contributed by atoms with E-state index in [-0.39, 0.29) is 5.91 Å². The topological polar surface area (TPSA) is 91.9 Å². The van der Waals surface area contributed by atoms with Crippen LogP contribution < -0.4 is 15.4 Å². The number of methoxy groups -OCH3 is 1. The number of carbonyl (C=O) groups excluding carboxylic acids is 1. The van der Waals surface area contributed by atoms with Crippen LogP contribution in [0.5, 0.6) is 5.75 Å². The summed E-state index contributed by atoms with van der Waals surface area (Å²) in [5.74, 6) is 0.628. The number of aromatic nitrogens is 3. The summed E-state index contributed by atoms with van der Waals surface area (Å²) in [7, 11) is 1.63. The van der Waals surface area contributed by atoms with Crippen LogP contribution in [0, 0.1) is 0 Å². The van der Waals surface area contributed by atoms with Crippen LogP contribution >= 0.6 is 0 Å². The van der Waals surface area contributed by atoms with Crippen molar-refractivity contribution in [2.24, 2.45) is 0 Å². The molecule has 0 fully saturated rings. The van der Waals surface area contributed by atoms with E-state index in [4.69, 9.17) is 4.74 Å². The second-order valence-corrected chi connectivity index (χ2v) is 8.16. The number of para-hydroxylation sites is 1. The fourth-order valence-corrected chi connectivity index (χ4v) is 3.85. The molecule has 0 bridgehead atoms. The highest BCUT2D eigenvalue weighted by Crippen LogP contribution is 2.26. The van der Waals surface area contributed by atoms with Gasteiger partial charge in [-0.25, -0.2) is 0 Å². The molecule has 1 amide bonds. The maximum atomic E-state index is 13.0. The van der Waals surface area contributed by atoms with Gasteiger partial charge in [-0.1, -0.05) is 30.3 Å². The fraction of sp³-hybridized carbons (Fsp3) is 0.0690. The van der Waals surface area contributed by atoms with Crippen molar-refractivity contribution in [3.8, 4) is 5.75 Å². The third-order valence-electron chi connectivity index (χ3n) is 5.75. The molecule has 36 heavy (non-hydrogen) atoms. The average molecular weight is 476 g/mol. The van der Waals surface area contributed by atoms with E-state index in [1.165, 1.54) is 0 Å². The first-order valence-corrected chi connectivity index (χ1v) is 11.5. The van der Waals surface area contributed by atoms with Crippen LogP contribution in [-0.4, -0.2) is 28.2 Å². The molecule has 0 aliphatic heterocycles. The van der Waals surface area contributed by atoms with Crippen molar-refractivity contribution in [3.05, 3.63) is 114 Å². The number of carbonyl (C=O) groups is 1. The van der Waals surface area contributed by atoms with Gasteiger partial charge in [0.25, 0.3) is 5.91 Å². The number of amides is 1. The highest BCUT2D eigenvalue weighted by Gasteiger charge is 2.12. The summed E-state index contributed by atoms with van der Waals surface area (Å²) in [6.07, 6.45) is 5.64. The van der Waals surface area contributed by atoms with Crippen molar-refractivity contribution in [3.63, 3.8) is 0 Å². The number of benzene rings is 3. The van der Waals surface area contributed by atoms with E-state index >= 15 is 0 Å². The molecular formula is C29H25N5O2. The Bertz CT molecular complexity index is 1510. The van der Waals surface area contributed by atoms with E-state index in [1.54, 1.807) is 19.4 Å². The van der Waals surface area contributed by atoms with Crippen LogP contribution in [0.2, 0.25) is 0 Å². The molecule has 0 radical (unpaired) electrons. The standard InChI is InChI=1S/C29H25N5O2/c1-36-23-13-9-20(10-14-23)19-31-29(35)25-7-2-3-8-26(25)32-22-11-15-24-27(33-34-28(24)18-22)16-12-21-6-4-5-17-30-21/h2-18,32H,19H2,1H3,(H,31,35)(H,33,34)/b16-12+. The number of nitrogens with one attached hydrogen (secondary N) is 3. The van der Waals surface area contributed by atoms with E-state index in [2.05, 4.69) is 25.8 Å². The molecule has 5 rings (SSSR count). The number of H-pyrrole nitrogens is 1. The molecule has 0 aliphatic rings. The zero-order chi connectivity index (χ0) is 24.7. The Kier molecular flexibility index (Phi) is 6.71. The molecule has 0 unspecified atom stereocenters. The summed E-state index contributed by atoms with van der Waals surface area (Å²) >= 11 is 0. The molecule has 2 heterocycles. The fourth-order valence-electron chi connectivity index (χ4n) is 3.85. The Hall–Kier alpha value is -4.91. The van der Waals surface area contributed by atoms with Gasteiger partial charge >= 0.3 is 0 Å². The molecule has 5 aromatic rings. The lowest BCUT2D eigenvalue weighted by Gasteiger charge is -2.13. The van der Waals surface area contributed by atoms with Gasteiger partial charge in [0.2, 0.25) is 0 Å².